The van der Waals surface area contributed by atoms with Crippen molar-refractivity contribution >= 4 is 13.7 Å². The monoisotopic (exact) mass is 1270 g/mol. The van der Waals surface area contributed by atoms with Gasteiger partial charge < -0.3 is 28.8 Å². The highest BCUT2D eigenvalue weighted by Gasteiger charge is 2.23. The van der Waals surface area contributed by atoms with E-state index >= 15 is 0 Å². The molecule has 0 bridgehead atoms. The zero-order valence-electron chi connectivity index (χ0n) is 59.9. The fourth-order valence-electron chi connectivity index (χ4n) is 11.6. The summed E-state index contributed by atoms with van der Waals surface area (Å²) in [7, 11) is 1.25. The summed E-state index contributed by atoms with van der Waals surface area (Å²) in [6, 6.07) is -0.914. The van der Waals surface area contributed by atoms with E-state index in [0.29, 0.717) is 17.4 Å². The van der Waals surface area contributed by atoms with Crippen molar-refractivity contribution in [2.24, 2.45) is 0 Å². The summed E-state index contributed by atoms with van der Waals surface area (Å²) < 4.78 is 23.5. The van der Waals surface area contributed by atoms with Gasteiger partial charge in [0, 0.05) is 6.42 Å². The smallest absolute Gasteiger partial charge is 0.268 e. The van der Waals surface area contributed by atoms with E-state index in [2.05, 4.69) is 79.9 Å². The molecule has 0 saturated heterocycles. The molecule has 0 rings (SSSR count). The molecule has 1 amide bonds. The molecule has 0 aromatic heterocycles. The van der Waals surface area contributed by atoms with Crippen molar-refractivity contribution in [2.75, 3.05) is 40.9 Å². The van der Waals surface area contributed by atoms with Crippen LogP contribution in [0.4, 0.5) is 0 Å². The van der Waals surface area contributed by atoms with Crippen molar-refractivity contribution in [1.82, 2.24) is 5.32 Å². The van der Waals surface area contributed by atoms with Crippen LogP contribution >= 0.6 is 7.82 Å². The lowest BCUT2D eigenvalue weighted by Crippen LogP contribution is -2.45. The number of allylic oxidation sites excluding steroid dienone is 11. The van der Waals surface area contributed by atoms with Crippen molar-refractivity contribution < 1.29 is 32.9 Å². The van der Waals surface area contributed by atoms with Gasteiger partial charge in [0.1, 0.15) is 13.2 Å². The van der Waals surface area contributed by atoms with Gasteiger partial charge in [-0.1, -0.05) is 363 Å². The van der Waals surface area contributed by atoms with Gasteiger partial charge in [0.05, 0.1) is 39.9 Å². The second kappa shape index (κ2) is 70.3. The third-order valence-electron chi connectivity index (χ3n) is 17.6. The van der Waals surface area contributed by atoms with E-state index in [1.165, 1.54) is 302 Å². The van der Waals surface area contributed by atoms with E-state index in [4.69, 9.17) is 9.05 Å². The zero-order chi connectivity index (χ0) is 64.8. The minimum absolute atomic E-state index is 0.00949. The number of hydrogen-bond acceptors (Lipinski definition) is 6. The Morgan fingerprint density at radius 3 is 0.989 bits per heavy atom. The van der Waals surface area contributed by atoms with Gasteiger partial charge in [-0.05, 0) is 83.5 Å². The number of phosphoric ester groups is 1. The Bertz CT molecular complexity index is 1680. The van der Waals surface area contributed by atoms with Gasteiger partial charge in [0.2, 0.25) is 5.91 Å². The summed E-state index contributed by atoms with van der Waals surface area (Å²) in [6.07, 6.45) is 99.2. The maximum atomic E-state index is 13.1. The molecule has 3 atom stereocenters. The van der Waals surface area contributed by atoms with Crippen molar-refractivity contribution in [3.63, 3.8) is 0 Å². The van der Waals surface area contributed by atoms with Crippen LogP contribution in [-0.2, 0) is 18.4 Å². The minimum Gasteiger partial charge on any atom is -0.756 e. The lowest BCUT2D eigenvalue weighted by atomic mass is 10.0. The summed E-state index contributed by atoms with van der Waals surface area (Å²) in [5, 5.41) is 14.0. The molecule has 0 spiro atoms. The largest absolute Gasteiger partial charge is 0.756 e. The molecule has 0 aromatic rings. The molecule has 0 aliphatic heterocycles. The molecular weight excluding hydrogens is 1120 g/mol. The third-order valence-corrected chi connectivity index (χ3v) is 18.6. The maximum Gasteiger partial charge on any atom is 0.268 e. The lowest BCUT2D eigenvalue weighted by molar-refractivity contribution is -0.870. The molecule has 3 unspecified atom stereocenters. The van der Waals surface area contributed by atoms with E-state index in [-0.39, 0.29) is 12.5 Å². The number of aliphatic hydroxyl groups excluding tert-OH is 1. The van der Waals surface area contributed by atoms with Crippen LogP contribution < -0.4 is 10.2 Å². The number of unbranched alkanes of at least 4 members (excludes halogenated alkanes) is 49. The number of carbonyl (C=O) groups is 1. The quantitative estimate of drug-likeness (QED) is 0.0272. The topological polar surface area (TPSA) is 108 Å². The van der Waals surface area contributed by atoms with Gasteiger partial charge in [-0.2, -0.15) is 0 Å². The highest BCUT2D eigenvalue weighted by molar-refractivity contribution is 7.45. The first kappa shape index (κ1) is 86.9. The summed E-state index contributed by atoms with van der Waals surface area (Å²) in [6.45, 7) is 4.66. The predicted octanol–water partition coefficient (Wildman–Crippen LogP) is 24.7. The number of hydrogen-bond donors (Lipinski definition) is 2. The number of nitrogens with one attached hydrogen (secondary N) is 1. The molecule has 0 aliphatic rings. The van der Waals surface area contributed by atoms with Crippen molar-refractivity contribution in [3.8, 4) is 0 Å². The van der Waals surface area contributed by atoms with Gasteiger partial charge in [0.25, 0.3) is 7.82 Å². The molecule has 522 valence electrons. The second-order valence-corrected chi connectivity index (χ2v) is 29.1. The first-order valence-corrected chi connectivity index (χ1v) is 40.3. The summed E-state index contributed by atoms with van der Waals surface area (Å²) in [5.41, 5.74) is 0. The Kier molecular flexibility index (Phi) is 68.6. The van der Waals surface area contributed by atoms with Gasteiger partial charge in [-0.3, -0.25) is 9.36 Å². The minimum atomic E-state index is -4.62. The molecule has 0 radical (unpaired) electrons. The summed E-state index contributed by atoms with van der Waals surface area (Å²) >= 11 is 0. The molecule has 0 aliphatic carbocycles. The summed E-state index contributed by atoms with van der Waals surface area (Å²) in [4.78, 5) is 25.7. The number of phosphoric acid groups is 1. The van der Waals surface area contributed by atoms with Crippen LogP contribution in [0.3, 0.4) is 0 Å². The zero-order valence-corrected chi connectivity index (χ0v) is 60.8. The van der Waals surface area contributed by atoms with E-state index in [0.717, 1.165) is 57.8 Å². The van der Waals surface area contributed by atoms with Crippen molar-refractivity contribution in [2.45, 2.75) is 392 Å². The molecule has 8 nitrogen and oxygen atoms in total. The molecule has 9 heteroatoms. The number of rotatable bonds is 72. The number of amides is 1. The Morgan fingerprint density at radius 2 is 0.663 bits per heavy atom. The van der Waals surface area contributed by atoms with Crippen molar-refractivity contribution in [3.05, 3.63) is 72.9 Å². The van der Waals surface area contributed by atoms with Crippen LogP contribution in [0.2, 0.25) is 0 Å². The molecule has 0 fully saturated rings. The van der Waals surface area contributed by atoms with Gasteiger partial charge in [0.15, 0.2) is 0 Å². The highest BCUT2D eigenvalue weighted by Crippen LogP contribution is 2.38. The fourth-order valence-corrected chi connectivity index (χ4v) is 12.3. The average molecular weight is 1270 g/mol. The van der Waals surface area contributed by atoms with Crippen LogP contribution in [0.25, 0.3) is 0 Å². The van der Waals surface area contributed by atoms with Gasteiger partial charge >= 0.3 is 0 Å². The Hall–Kier alpha value is -2.06. The number of likely N-dealkylation sites (N-methyl/N-ethyl adjacent to an activating group) is 1. The average Bonchev–Trinajstić information content (AvgIpc) is 3.64. The predicted molar refractivity (Wildman–Crippen MR) is 390 cm³/mol. The number of nitrogens with zero attached hydrogens (tertiary/aromatic N) is 1. The Labute approximate surface area is 554 Å². The highest BCUT2D eigenvalue weighted by atomic mass is 31.2. The number of aliphatic hydroxyl groups is 1. The molecule has 0 aromatic carbocycles. The third kappa shape index (κ3) is 73.2. The SMILES string of the molecule is CCCCCCC/C=C\C/C=C\C/C=C\CCCCCCCCCCCCCCCCCCCCCCC(=O)NC(COP(=O)([O-])OCC[N+](C)(C)C)C(O)/C=C/CC/C=C/CC/C=C/CCCCCCCCCCCCCCCCCCCCCCCC. The number of carbonyl (C=O) groups excluding carboxylic acids is 1. The normalized spacial score (nSPS) is 13.9. The van der Waals surface area contributed by atoms with Gasteiger partial charge in [-0.15, -0.1) is 0 Å². The molecule has 89 heavy (non-hydrogen) atoms. The van der Waals surface area contributed by atoms with Crippen LogP contribution in [0, 0.1) is 0 Å². The second-order valence-electron chi connectivity index (χ2n) is 27.7. The first-order valence-electron chi connectivity index (χ1n) is 38.8. The molecule has 0 saturated carbocycles. The maximum absolute atomic E-state index is 13.1. The standard InChI is InChI=1S/C80H151N2O6P/c1-6-8-10-12-14-16-18-20-22-24-26-28-30-32-34-36-38-40-41-42-44-46-48-50-52-54-56-58-60-62-64-66-68-70-72-74-80(84)81-78(77-88-89(85,86)87-76-75-82(3,4)5)79(83)73-71-69-67-65-63-61-59-57-55-53-51-49-47-45-43-39-37-35-33-31-29-27-25-23-21-19-17-15-13-11-9-7-2/h18,20,24,26,30,32,55,57,63,65,71,73,78-79,83H,6-17,19,21-23,25,27-29,31,33-54,56,58-62,64,66-70,72,74-77H2,1-5H3,(H-,81,84,85,86)/b20-18-,26-24-,32-30-,57-55+,65-63+,73-71+. The van der Waals surface area contributed by atoms with Gasteiger partial charge in [-0.25, -0.2) is 0 Å². The van der Waals surface area contributed by atoms with E-state index < -0.39 is 26.6 Å². The lowest BCUT2D eigenvalue weighted by Gasteiger charge is -2.29. The molecule has 2 N–H and O–H groups in total. The van der Waals surface area contributed by atoms with Crippen LogP contribution in [-0.4, -0.2) is 68.5 Å². The molecule has 0 heterocycles. The van der Waals surface area contributed by atoms with E-state index in [9.17, 15) is 19.4 Å². The summed E-state index contributed by atoms with van der Waals surface area (Å²) in [5.74, 6) is -0.206. The Balaban J connectivity index is 4.05. The number of quaternary nitrogens is 1. The molecular formula is C80H151N2O6P. The van der Waals surface area contributed by atoms with Crippen LogP contribution in [0.1, 0.15) is 380 Å². The Morgan fingerprint density at radius 1 is 0.393 bits per heavy atom. The fraction of sp³-hybridized carbons (Fsp3) is 0.838. The first-order chi connectivity index (χ1) is 43.5. The van der Waals surface area contributed by atoms with E-state index in [1.54, 1.807) is 6.08 Å². The van der Waals surface area contributed by atoms with Crippen LogP contribution in [0.15, 0.2) is 72.9 Å². The van der Waals surface area contributed by atoms with Crippen LogP contribution in [0.5, 0.6) is 0 Å². The van der Waals surface area contributed by atoms with Crippen molar-refractivity contribution in [1.29, 1.82) is 0 Å². The van der Waals surface area contributed by atoms with E-state index in [1.807, 2.05) is 27.2 Å².